The molecule has 0 unspecified atom stereocenters. The zero-order chi connectivity index (χ0) is 15.5. The summed E-state index contributed by atoms with van der Waals surface area (Å²) in [6.07, 6.45) is 3.06. The first-order chi connectivity index (χ1) is 10.6. The number of hydrogen-bond donors (Lipinski definition) is 1. The van der Waals surface area contributed by atoms with E-state index in [4.69, 9.17) is 0 Å². The van der Waals surface area contributed by atoms with Gasteiger partial charge in [-0.25, -0.2) is 9.67 Å². The van der Waals surface area contributed by atoms with Crippen LogP contribution in [-0.4, -0.2) is 20.7 Å². The van der Waals surface area contributed by atoms with Gasteiger partial charge in [-0.05, 0) is 38.1 Å². The van der Waals surface area contributed by atoms with Gasteiger partial charge in [0.15, 0.2) is 0 Å². The van der Waals surface area contributed by atoms with Crippen molar-refractivity contribution in [2.75, 3.05) is 5.32 Å². The van der Waals surface area contributed by atoms with Gasteiger partial charge in [0, 0.05) is 5.56 Å². The average molecular weight is 292 g/mol. The molecule has 0 aliphatic heterocycles. The van der Waals surface area contributed by atoms with Crippen molar-refractivity contribution >= 4 is 11.6 Å². The highest BCUT2D eigenvalue weighted by Crippen LogP contribution is 2.20. The van der Waals surface area contributed by atoms with Crippen molar-refractivity contribution in [3.8, 4) is 5.69 Å². The topological polar surface area (TPSA) is 59.8 Å². The summed E-state index contributed by atoms with van der Waals surface area (Å²) < 4.78 is 1.62. The monoisotopic (exact) mass is 292 g/mol. The van der Waals surface area contributed by atoms with Gasteiger partial charge >= 0.3 is 0 Å². The van der Waals surface area contributed by atoms with Gasteiger partial charge in [-0.1, -0.05) is 29.3 Å². The third-order valence-electron chi connectivity index (χ3n) is 3.30. The van der Waals surface area contributed by atoms with Crippen LogP contribution in [0.5, 0.6) is 0 Å². The molecule has 0 bridgehead atoms. The first kappa shape index (κ1) is 14.0. The summed E-state index contributed by atoms with van der Waals surface area (Å²) in [7, 11) is 0. The van der Waals surface area contributed by atoms with Gasteiger partial charge in [0.1, 0.15) is 12.7 Å². The Kier molecular flexibility index (Phi) is 3.70. The van der Waals surface area contributed by atoms with Crippen molar-refractivity contribution in [2.45, 2.75) is 13.8 Å². The molecular formula is C17H16N4O. The molecule has 0 saturated carbocycles. The van der Waals surface area contributed by atoms with Gasteiger partial charge in [-0.15, -0.1) is 0 Å². The highest BCUT2D eigenvalue weighted by molar-refractivity contribution is 6.05. The molecule has 0 saturated heterocycles. The molecule has 0 fully saturated rings. The van der Waals surface area contributed by atoms with E-state index < -0.39 is 0 Å². The highest BCUT2D eigenvalue weighted by atomic mass is 16.1. The minimum atomic E-state index is -0.139. The maximum Gasteiger partial charge on any atom is 0.255 e. The lowest BCUT2D eigenvalue weighted by Crippen LogP contribution is -2.14. The number of aryl methyl sites for hydroxylation is 2. The largest absolute Gasteiger partial charge is 0.320 e. The summed E-state index contributed by atoms with van der Waals surface area (Å²) in [6.45, 7) is 3.96. The van der Waals surface area contributed by atoms with Crippen molar-refractivity contribution in [3.05, 3.63) is 71.8 Å². The fraction of sp³-hybridized carbons (Fsp3) is 0.118. The van der Waals surface area contributed by atoms with E-state index in [2.05, 4.69) is 15.4 Å². The van der Waals surface area contributed by atoms with Crippen LogP contribution < -0.4 is 5.32 Å². The molecule has 1 aromatic heterocycles. The Bertz CT molecular complexity index is 789. The second-order valence-corrected chi connectivity index (χ2v) is 5.19. The number of aromatic nitrogens is 3. The molecule has 0 atom stereocenters. The van der Waals surface area contributed by atoms with Crippen LogP contribution in [0, 0.1) is 13.8 Å². The average Bonchev–Trinajstić information content (AvgIpc) is 3.01. The molecule has 1 amide bonds. The second kappa shape index (κ2) is 5.81. The lowest BCUT2D eigenvalue weighted by atomic mass is 10.1. The third-order valence-corrected chi connectivity index (χ3v) is 3.30. The molecule has 3 aromatic rings. The van der Waals surface area contributed by atoms with Gasteiger partial charge in [0.05, 0.1) is 11.4 Å². The summed E-state index contributed by atoms with van der Waals surface area (Å²) >= 11 is 0. The van der Waals surface area contributed by atoms with Crippen LogP contribution in [0.25, 0.3) is 5.69 Å². The number of rotatable bonds is 3. The summed E-state index contributed by atoms with van der Waals surface area (Å²) in [6, 6.07) is 13.3. The Balaban J connectivity index is 1.92. The SMILES string of the molecule is Cc1cc(C)cc(C(=O)Nc2ccccc2-n2cncn2)c1. The quantitative estimate of drug-likeness (QED) is 0.806. The summed E-state index contributed by atoms with van der Waals surface area (Å²) in [5, 5.41) is 7.05. The molecule has 0 radical (unpaired) electrons. The van der Waals surface area contributed by atoms with Crippen LogP contribution in [0.15, 0.2) is 55.1 Å². The van der Waals surface area contributed by atoms with E-state index in [0.29, 0.717) is 11.3 Å². The number of nitrogens with one attached hydrogen (secondary N) is 1. The molecule has 22 heavy (non-hydrogen) atoms. The predicted molar refractivity (Wildman–Crippen MR) is 85.2 cm³/mol. The lowest BCUT2D eigenvalue weighted by molar-refractivity contribution is 0.102. The maximum atomic E-state index is 12.5. The molecule has 5 nitrogen and oxygen atoms in total. The van der Waals surface area contributed by atoms with Crippen LogP contribution in [0.4, 0.5) is 5.69 Å². The van der Waals surface area contributed by atoms with E-state index in [1.807, 2.05) is 56.3 Å². The number of anilines is 1. The molecule has 1 N–H and O–H groups in total. The minimum absolute atomic E-state index is 0.139. The lowest BCUT2D eigenvalue weighted by Gasteiger charge is -2.11. The number of nitrogens with zero attached hydrogens (tertiary/aromatic N) is 3. The summed E-state index contributed by atoms with van der Waals surface area (Å²) in [5.41, 5.74) is 4.24. The van der Waals surface area contributed by atoms with Gasteiger partial charge in [-0.2, -0.15) is 5.10 Å². The van der Waals surface area contributed by atoms with Crippen LogP contribution in [-0.2, 0) is 0 Å². The van der Waals surface area contributed by atoms with Crippen molar-refractivity contribution in [1.82, 2.24) is 14.8 Å². The number of hydrogen-bond acceptors (Lipinski definition) is 3. The second-order valence-electron chi connectivity index (χ2n) is 5.19. The zero-order valence-corrected chi connectivity index (χ0v) is 12.4. The number of carbonyl (C=O) groups excluding carboxylic acids is 1. The van der Waals surface area contributed by atoms with Crippen molar-refractivity contribution in [1.29, 1.82) is 0 Å². The third kappa shape index (κ3) is 2.88. The Morgan fingerprint density at radius 1 is 1.09 bits per heavy atom. The number of carbonyl (C=O) groups is 1. The van der Waals surface area contributed by atoms with Gasteiger partial charge < -0.3 is 5.32 Å². The van der Waals surface area contributed by atoms with Crippen LogP contribution >= 0.6 is 0 Å². The van der Waals surface area contributed by atoms with E-state index in [9.17, 15) is 4.79 Å². The van der Waals surface area contributed by atoms with E-state index in [-0.39, 0.29) is 5.91 Å². The molecule has 0 spiro atoms. The van der Waals surface area contributed by atoms with E-state index in [1.165, 1.54) is 6.33 Å². The molecular weight excluding hydrogens is 276 g/mol. The maximum absolute atomic E-state index is 12.5. The fourth-order valence-corrected chi connectivity index (χ4v) is 2.41. The molecule has 0 aliphatic carbocycles. The van der Waals surface area contributed by atoms with Crippen LogP contribution in [0.1, 0.15) is 21.5 Å². The summed E-state index contributed by atoms with van der Waals surface area (Å²) in [5.74, 6) is -0.139. The first-order valence-electron chi connectivity index (χ1n) is 6.97. The number of para-hydroxylation sites is 2. The van der Waals surface area contributed by atoms with Gasteiger partial charge in [0.25, 0.3) is 5.91 Å². The van der Waals surface area contributed by atoms with Gasteiger partial charge in [-0.3, -0.25) is 4.79 Å². The number of benzene rings is 2. The minimum Gasteiger partial charge on any atom is -0.320 e. The standard InChI is InChI=1S/C17H16N4O/c1-12-7-13(2)9-14(8-12)17(22)20-15-5-3-4-6-16(15)21-11-18-10-19-21/h3-11H,1-2H3,(H,20,22). The van der Waals surface area contributed by atoms with E-state index >= 15 is 0 Å². The first-order valence-corrected chi connectivity index (χ1v) is 6.97. The van der Waals surface area contributed by atoms with E-state index in [0.717, 1.165) is 16.8 Å². The molecule has 5 heteroatoms. The Morgan fingerprint density at radius 2 is 1.82 bits per heavy atom. The number of amides is 1. The Hall–Kier alpha value is -2.95. The molecule has 1 heterocycles. The molecule has 0 aliphatic rings. The summed E-state index contributed by atoms with van der Waals surface area (Å²) in [4.78, 5) is 16.4. The Labute approximate surface area is 128 Å². The normalized spacial score (nSPS) is 10.5. The van der Waals surface area contributed by atoms with Crippen molar-refractivity contribution < 1.29 is 4.79 Å². The fourth-order valence-electron chi connectivity index (χ4n) is 2.41. The van der Waals surface area contributed by atoms with E-state index in [1.54, 1.807) is 11.0 Å². The molecule has 110 valence electrons. The van der Waals surface area contributed by atoms with Crippen molar-refractivity contribution in [3.63, 3.8) is 0 Å². The predicted octanol–water partition coefficient (Wildman–Crippen LogP) is 3.14. The molecule has 2 aromatic carbocycles. The smallest absolute Gasteiger partial charge is 0.255 e. The van der Waals surface area contributed by atoms with Gasteiger partial charge in [0.2, 0.25) is 0 Å². The molecule has 3 rings (SSSR count). The zero-order valence-electron chi connectivity index (χ0n) is 12.4. The van der Waals surface area contributed by atoms with Crippen molar-refractivity contribution in [2.24, 2.45) is 0 Å². The van der Waals surface area contributed by atoms with Crippen LogP contribution in [0.2, 0.25) is 0 Å². The van der Waals surface area contributed by atoms with Crippen LogP contribution in [0.3, 0.4) is 0 Å². The highest BCUT2D eigenvalue weighted by Gasteiger charge is 2.11. The Morgan fingerprint density at radius 3 is 2.50 bits per heavy atom.